The molecule has 0 fully saturated rings. The molecular weight excluding hydrogens is 168 g/mol. The first kappa shape index (κ1) is 14.0. The van der Waals surface area contributed by atoms with Crippen LogP contribution in [0.4, 0.5) is 0 Å². The van der Waals surface area contributed by atoms with Gasteiger partial charge in [0.05, 0.1) is 0 Å². The van der Waals surface area contributed by atoms with E-state index in [9.17, 15) is 0 Å². The number of unbranched alkanes of at least 4 members (excludes halogenated alkanes) is 4. The Morgan fingerprint density at radius 2 is 1.64 bits per heavy atom. The third-order valence-corrected chi connectivity index (χ3v) is 3.66. The van der Waals surface area contributed by atoms with Crippen LogP contribution in [0.1, 0.15) is 73.1 Å². The van der Waals surface area contributed by atoms with Crippen molar-refractivity contribution in [2.45, 2.75) is 73.1 Å². The van der Waals surface area contributed by atoms with E-state index in [0.717, 1.165) is 5.92 Å². The van der Waals surface area contributed by atoms with Crippen molar-refractivity contribution in [3.63, 3.8) is 0 Å². The van der Waals surface area contributed by atoms with Crippen LogP contribution in [0.25, 0.3) is 0 Å². The molecule has 14 heavy (non-hydrogen) atoms. The smallest absolute Gasteiger partial charge is 0.0326 e. The van der Waals surface area contributed by atoms with Crippen molar-refractivity contribution in [1.29, 1.82) is 0 Å². The molecule has 0 aromatic rings. The number of rotatable bonds is 8. The van der Waals surface area contributed by atoms with Gasteiger partial charge in [0.25, 0.3) is 0 Å². The third kappa shape index (κ3) is 5.67. The molecule has 0 saturated carbocycles. The maximum absolute atomic E-state index is 2.40. The summed E-state index contributed by atoms with van der Waals surface area (Å²) in [7, 11) is 0. The molecule has 85 valence electrons. The molecule has 0 aromatic carbocycles. The van der Waals surface area contributed by atoms with Gasteiger partial charge in [-0.3, -0.25) is 0 Å². The van der Waals surface area contributed by atoms with Crippen molar-refractivity contribution >= 4 is 0 Å². The third-order valence-electron chi connectivity index (χ3n) is 3.66. The quantitative estimate of drug-likeness (QED) is 0.467. The molecule has 0 aliphatic heterocycles. The molecular formula is C14H29. The first-order chi connectivity index (χ1) is 6.54. The summed E-state index contributed by atoms with van der Waals surface area (Å²) in [6.45, 7) is 11.6. The second-order valence-corrected chi connectivity index (χ2v) is 5.27. The molecule has 1 radical (unpaired) electrons. The maximum atomic E-state index is 2.40. The predicted molar refractivity (Wildman–Crippen MR) is 66.3 cm³/mol. The Morgan fingerprint density at radius 1 is 1.07 bits per heavy atom. The normalized spacial score (nSPS) is 14.4. The fourth-order valence-electron chi connectivity index (χ4n) is 1.86. The molecule has 0 aliphatic rings. The van der Waals surface area contributed by atoms with Gasteiger partial charge in [0, 0.05) is 0 Å². The zero-order chi connectivity index (χ0) is 11.0. The van der Waals surface area contributed by atoms with E-state index in [1.165, 1.54) is 38.5 Å². The standard InChI is InChI=1S/C14H29/c1-6-8-9-10-11-12-14(4,5)13(3)7-2/h7,13H,6,8-12H2,1-5H3. The Hall–Kier alpha value is 0. The number of hydrogen-bond acceptors (Lipinski definition) is 0. The van der Waals surface area contributed by atoms with Crippen LogP contribution in [0.3, 0.4) is 0 Å². The monoisotopic (exact) mass is 197 g/mol. The molecule has 1 unspecified atom stereocenters. The fourth-order valence-corrected chi connectivity index (χ4v) is 1.86. The van der Waals surface area contributed by atoms with Crippen molar-refractivity contribution in [1.82, 2.24) is 0 Å². The molecule has 0 heterocycles. The van der Waals surface area contributed by atoms with Crippen LogP contribution in [0, 0.1) is 17.8 Å². The van der Waals surface area contributed by atoms with E-state index < -0.39 is 0 Å². The lowest BCUT2D eigenvalue weighted by molar-refractivity contribution is 0.231. The van der Waals surface area contributed by atoms with Crippen molar-refractivity contribution in [3.8, 4) is 0 Å². The topological polar surface area (TPSA) is 0 Å². The van der Waals surface area contributed by atoms with Gasteiger partial charge < -0.3 is 0 Å². The van der Waals surface area contributed by atoms with Gasteiger partial charge in [-0.05, 0) is 24.2 Å². The van der Waals surface area contributed by atoms with Gasteiger partial charge >= 0.3 is 0 Å². The van der Waals surface area contributed by atoms with Crippen LogP contribution < -0.4 is 0 Å². The summed E-state index contributed by atoms with van der Waals surface area (Å²) in [5.74, 6) is 0.744. The summed E-state index contributed by atoms with van der Waals surface area (Å²) in [6, 6.07) is 0. The lowest BCUT2D eigenvalue weighted by Gasteiger charge is -2.31. The summed E-state index contributed by atoms with van der Waals surface area (Å²) < 4.78 is 0. The molecule has 1 atom stereocenters. The fraction of sp³-hybridized carbons (Fsp3) is 0.929. The van der Waals surface area contributed by atoms with E-state index in [2.05, 4.69) is 41.0 Å². The summed E-state index contributed by atoms with van der Waals surface area (Å²) >= 11 is 0. The highest BCUT2D eigenvalue weighted by atomic mass is 14.3. The highest BCUT2D eigenvalue weighted by Gasteiger charge is 2.23. The maximum Gasteiger partial charge on any atom is -0.0326 e. The van der Waals surface area contributed by atoms with E-state index in [-0.39, 0.29) is 0 Å². The van der Waals surface area contributed by atoms with Crippen LogP contribution in [0.2, 0.25) is 0 Å². The summed E-state index contributed by atoms with van der Waals surface area (Å²) in [5, 5.41) is 0. The lowest BCUT2D eigenvalue weighted by atomic mass is 9.75. The summed E-state index contributed by atoms with van der Waals surface area (Å²) in [4.78, 5) is 0. The highest BCUT2D eigenvalue weighted by Crippen LogP contribution is 2.34. The molecule has 0 bridgehead atoms. The SMILES string of the molecule is C[CH]C(C)C(C)(C)CCCCCCC. The zero-order valence-corrected chi connectivity index (χ0v) is 10.9. The Bertz CT molecular complexity index is 124. The van der Waals surface area contributed by atoms with E-state index in [1.54, 1.807) is 0 Å². The Labute approximate surface area is 91.5 Å². The molecule has 0 spiro atoms. The second-order valence-electron chi connectivity index (χ2n) is 5.27. The van der Waals surface area contributed by atoms with Crippen LogP contribution in [-0.4, -0.2) is 0 Å². The van der Waals surface area contributed by atoms with Crippen molar-refractivity contribution in [3.05, 3.63) is 6.42 Å². The molecule has 0 aliphatic carbocycles. The van der Waals surface area contributed by atoms with Crippen LogP contribution >= 0.6 is 0 Å². The molecule has 0 heteroatoms. The van der Waals surface area contributed by atoms with E-state index in [1.807, 2.05) is 0 Å². The Balaban J connectivity index is 3.55. The van der Waals surface area contributed by atoms with Gasteiger partial charge in [0.2, 0.25) is 0 Å². The van der Waals surface area contributed by atoms with Gasteiger partial charge in [-0.25, -0.2) is 0 Å². The van der Waals surface area contributed by atoms with Gasteiger partial charge in [0.15, 0.2) is 0 Å². The molecule has 0 rings (SSSR count). The Kier molecular flexibility index (Phi) is 7.31. The average molecular weight is 197 g/mol. The Morgan fingerprint density at radius 3 is 2.14 bits per heavy atom. The summed E-state index contributed by atoms with van der Waals surface area (Å²) in [6.07, 6.45) is 10.7. The zero-order valence-electron chi connectivity index (χ0n) is 10.9. The van der Waals surface area contributed by atoms with Gasteiger partial charge in [0.1, 0.15) is 0 Å². The molecule has 0 aromatic heterocycles. The van der Waals surface area contributed by atoms with E-state index in [4.69, 9.17) is 0 Å². The summed E-state index contributed by atoms with van der Waals surface area (Å²) in [5.41, 5.74) is 0.501. The molecule has 0 amide bonds. The largest absolute Gasteiger partial charge is 0.0654 e. The molecule has 0 N–H and O–H groups in total. The predicted octanol–water partition coefficient (Wildman–Crippen LogP) is 5.23. The minimum Gasteiger partial charge on any atom is -0.0654 e. The molecule has 0 saturated heterocycles. The van der Waals surface area contributed by atoms with Gasteiger partial charge in [-0.1, -0.05) is 66.7 Å². The minimum absolute atomic E-state index is 0.501. The highest BCUT2D eigenvalue weighted by molar-refractivity contribution is 4.82. The van der Waals surface area contributed by atoms with Crippen LogP contribution in [-0.2, 0) is 0 Å². The van der Waals surface area contributed by atoms with Crippen molar-refractivity contribution < 1.29 is 0 Å². The van der Waals surface area contributed by atoms with Crippen molar-refractivity contribution in [2.75, 3.05) is 0 Å². The van der Waals surface area contributed by atoms with Crippen molar-refractivity contribution in [2.24, 2.45) is 11.3 Å². The van der Waals surface area contributed by atoms with E-state index >= 15 is 0 Å². The average Bonchev–Trinajstić information content (AvgIpc) is 2.16. The first-order valence-corrected chi connectivity index (χ1v) is 6.34. The minimum atomic E-state index is 0.501. The van der Waals surface area contributed by atoms with Gasteiger partial charge in [-0.2, -0.15) is 0 Å². The van der Waals surface area contributed by atoms with E-state index in [0.29, 0.717) is 5.41 Å². The lowest BCUT2D eigenvalue weighted by Crippen LogP contribution is -2.21. The first-order valence-electron chi connectivity index (χ1n) is 6.34. The molecule has 0 nitrogen and oxygen atoms in total. The number of hydrogen-bond donors (Lipinski definition) is 0. The van der Waals surface area contributed by atoms with Gasteiger partial charge in [-0.15, -0.1) is 0 Å². The second kappa shape index (κ2) is 7.31. The van der Waals surface area contributed by atoms with Crippen LogP contribution in [0.15, 0.2) is 0 Å². The van der Waals surface area contributed by atoms with Crippen LogP contribution in [0.5, 0.6) is 0 Å².